The summed E-state index contributed by atoms with van der Waals surface area (Å²) in [4.78, 5) is 33.0. The summed E-state index contributed by atoms with van der Waals surface area (Å²) in [6.45, 7) is 1.72. The highest BCUT2D eigenvalue weighted by Gasteiger charge is 2.27. The monoisotopic (exact) mass is 575 g/mol. The number of nitrogen functional groups attached to an aromatic ring is 2. The van der Waals surface area contributed by atoms with Gasteiger partial charge in [-0.2, -0.15) is 4.98 Å². The van der Waals surface area contributed by atoms with Crippen LogP contribution in [-0.4, -0.2) is 41.5 Å². The molecule has 0 amide bonds. The molecular formula is C30H30FN5O6. The molecule has 42 heavy (non-hydrogen) atoms. The molecule has 2 aromatic heterocycles. The van der Waals surface area contributed by atoms with Gasteiger partial charge < -0.3 is 35.0 Å². The first-order chi connectivity index (χ1) is 20.2. The number of benzene rings is 2. The lowest BCUT2D eigenvalue weighted by Gasteiger charge is -2.15. The molecule has 0 unspecified atom stereocenters. The Morgan fingerprint density at radius 2 is 1.86 bits per heavy atom. The number of halogens is 1. The van der Waals surface area contributed by atoms with Gasteiger partial charge in [0, 0.05) is 35.3 Å². The van der Waals surface area contributed by atoms with E-state index in [9.17, 15) is 9.59 Å². The van der Waals surface area contributed by atoms with E-state index in [2.05, 4.69) is 9.97 Å². The van der Waals surface area contributed by atoms with Crippen molar-refractivity contribution in [1.82, 2.24) is 14.5 Å². The van der Waals surface area contributed by atoms with Crippen molar-refractivity contribution in [2.24, 2.45) is 0 Å². The Kier molecular flexibility index (Phi) is 7.96. The molecule has 1 aliphatic carbocycles. The Bertz CT molecular complexity index is 1770. The van der Waals surface area contributed by atoms with Crippen molar-refractivity contribution in [1.29, 1.82) is 0 Å². The summed E-state index contributed by atoms with van der Waals surface area (Å²) in [5, 5.41) is 0.0999. The zero-order valence-corrected chi connectivity index (χ0v) is 23.3. The second-order valence-electron chi connectivity index (χ2n) is 9.71. The lowest BCUT2D eigenvalue weighted by Crippen LogP contribution is -2.18. The largest absolute Gasteiger partial charge is 0.514 e. The average molecular weight is 576 g/mol. The van der Waals surface area contributed by atoms with Gasteiger partial charge in [0.05, 0.1) is 37.9 Å². The molecule has 11 nitrogen and oxygen atoms in total. The van der Waals surface area contributed by atoms with Crippen LogP contribution in [0.25, 0.3) is 23.1 Å². The average Bonchev–Trinajstić information content (AvgIpc) is 3.80. The number of fused-ring (bicyclic) bond motifs is 1. The minimum Gasteiger partial charge on any atom is -0.493 e. The van der Waals surface area contributed by atoms with Crippen molar-refractivity contribution >= 4 is 41.0 Å². The Morgan fingerprint density at radius 1 is 1.10 bits per heavy atom. The predicted molar refractivity (Wildman–Crippen MR) is 156 cm³/mol. The van der Waals surface area contributed by atoms with Gasteiger partial charge in [-0.15, -0.1) is 0 Å². The second-order valence-corrected chi connectivity index (χ2v) is 9.71. The van der Waals surface area contributed by atoms with Crippen molar-refractivity contribution in [2.45, 2.75) is 32.2 Å². The van der Waals surface area contributed by atoms with Crippen LogP contribution < -0.4 is 31.1 Å². The maximum Gasteiger partial charge on any atom is 0.514 e. The highest BCUT2D eigenvalue weighted by molar-refractivity contribution is 5.86. The Balaban J connectivity index is 1.55. The van der Waals surface area contributed by atoms with Gasteiger partial charge in [0.1, 0.15) is 11.6 Å². The van der Waals surface area contributed by atoms with E-state index in [-0.39, 0.29) is 41.1 Å². The minimum atomic E-state index is -0.991. The maximum absolute atomic E-state index is 15.4. The van der Waals surface area contributed by atoms with Crippen molar-refractivity contribution in [3.63, 3.8) is 0 Å². The van der Waals surface area contributed by atoms with E-state index in [1.807, 2.05) is 16.7 Å². The normalized spacial score (nSPS) is 13.0. The van der Waals surface area contributed by atoms with Gasteiger partial charge in [-0.25, -0.2) is 14.2 Å². The van der Waals surface area contributed by atoms with Crippen LogP contribution in [0.4, 0.5) is 21.0 Å². The molecule has 1 saturated carbocycles. The number of carbonyl (C=O) groups is 1. The van der Waals surface area contributed by atoms with Crippen LogP contribution in [0.5, 0.6) is 17.2 Å². The molecule has 2 heterocycles. The number of aromatic nitrogens is 3. The fourth-order valence-corrected chi connectivity index (χ4v) is 4.70. The zero-order chi connectivity index (χ0) is 30.0. The van der Waals surface area contributed by atoms with Crippen LogP contribution in [-0.2, 0) is 11.2 Å². The molecule has 0 bridgehead atoms. The first-order valence-electron chi connectivity index (χ1n) is 13.2. The number of rotatable bonds is 9. The Morgan fingerprint density at radius 3 is 2.52 bits per heavy atom. The Hall–Kier alpha value is -5.13. The summed E-state index contributed by atoms with van der Waals surface area (Å²) in [6.07, 6.45) is 7.51. The summed E-state index contributed by atoms with van der Waals surface area (Å²) in [7, 11) is 3.04. The molecule has 12 heteroatoms. The SMILES string of the molecule is CCOC(=O)Oc1cn(C2CC2)c2cc(/C=C/c3cc(Cc4cnc(N)nc4N)cc(OC)c3OC)c(F)cc2c1=O. The van der Waals surface area contributed by atoms with Gasteiger partial charge in [0.15, 0.2) is 17.2 Å². The maximum atomic E-state index is 15.4. The van der Waals surface area contributed by atoms with Crippen LogP contribution in [0, 0.1) is 5.82 Å². The fraction of sp³-hybridized carbons (Fsp3) is 0.267. The van der Waals surface area contributed by atoms with Gasteiger partial charge in [-0.05, 0) is 49.6 Å². The van der Waals surface area contributed by atoms with E-state index in [4.69, 9.17) is 30.4 Å². The lowest BCUT2D eigenvalue weighted by atomic mass is 10.0. The molecule has 1 fully saturated rings. The Labute approximate surface area is 240 Å². The minimum absolute atomic E-state index is 0.0828. The molecule has 0 radical (unpaired) electrons. The highest BCUT2D eigenvalue weighted by Crippen LogP contribution is 2.39. The third-order valence-electron chi connectivity index (χ3n) is 6.83. The van der Waals surface area contributed by atoms with Gasteiger partial charge >= 0.3 is 6.16 Å². The number of nitrogens with two attached hydrogens (primary N) is 2. The molecule has 4 N–H and O–H groups in total. The number of pyridine rings is 1. The number of anilines is 2. The first-order valence-corrected chi connectivity index (χ1v) is 13.2. The summed E-state index contributed by atoms with van der Waals surface area (Å²) in [5.41, 5.74) is 13.9. The molecule has 0 aliphatic heterocycles. The molecule has 0 atom stereocenters. The van der Waals surface area contributed by atoms with Crippen LogP contribution in [0.1, 0.15) is 48.1 Å². The number of methoxy groups -OCH3 is 2. The lowest BCUT2D eigenvalue weighted by molar-refractivity contribution is 0.104. The fourth-order valence-electron chi connectivity index (χ4n) is 4.70. The standard InChI is InChI=1S/C30H30FN5O6/c1-4-41-30(38)42-25-15-36(20-7-8-20)23-12-17(22(31)13-21(23)26(25)37)5-6-18-9-16(11-24(39-2)27(18)40-3)10-19-14-34-29(33)35-28(19)32/h5-6,9,11-15,20H,4,7-8,10H2,1-3H3,(H4,32,33,34,35)/b6-5+. The van der Waals surface area contributed by atoms with Crippen molar-refractivity contribution < 1.29 is 28.1 Å². The number of nitrogens with zero attached hydrogens (tertiary/aromatic N) is 3. The van der Waals surface area contributed by atoms with Gasteiger partial charge in [0.2, 0.25) is 11.4 Å². The molecule has 0 spiro atoms. The summed E-state index contributed by atoms with van der Waals surface area (Å²) in [6, 6.07) is 6.55. The van der Waals surface area contributed by atoms with Crippen molar-refractivity contribution in [3.05, 3.63) is 75.0 Å². The highest BCUT2D eigenvalue weighted by atomic mass is 19.1. The van der Waals surface area contributed by atoms with Crippen LogP contribution in [0.15, 0.2) is 41.5 Å². The third kappa shape index (κ3) is 5.82. The topological polar surface area (TPSA) is 154 Å². The van der Waals surface area contributed by atoms with Gasteiger partial charge in [-0.1, -0.05) is 12.2 Å². The smallest absolute Gasteiger partial charge is 0.493 e. The van der Waals surface area contributed by atoms with Crippen molar-refractivity contribution in [3.8, 4) is 17.2 Å². The number of carbonyl (C=O) groups excluding carboxylic acids is 1. The number of ether oxygens (including phenoxy) is 4. The second kappa shape index (κ2) is 11.8. The van der Waals surface area contributed by atoms with Crippen LogP contribution in [0.2, 0.25) is 0 Å². The number of hydrogen-bond donors (Lipinski definition) is 2. The van der Waals surface area contributed by atoms with Crippen LogP contribution in [0.3, 0.4) is 0 Å². The predicted octanol–water partition coefficient (Wildman–Crippen LogP) is 4.74. The molecule has 5 rings (SSSR count). The molecule has 2 aromatic carbocycles. The molecular weight excluding hydrogens is 545 g/mol. The molecule has 1 aliphatic rings. The van der Waals surface area contributed by atoms with Gasteiger partial charge in [-0.3, -0.25) is 4.79 Å². The number of hydrogen-bond acceptors (Lipinski definition) is 10. The molecule has 0 saturated heterocycles. The van der Waals surface area contributed by atoms with Gasteiger partial charge in [0.25, 0.3) is 0 Å². The summed E-state index contributed by atoms with van der Waals surface area (Å²) >= 11 is 0. The quantitative estimate of drug-likeness (QED) is 0.211. The van der Waals surface area contributed by atoms with E-state index in [0.717, 1.165) is 24.5 Å². The first kappa shape index (κ1) is 28.4. The zero-order valence-electron chi connectivity index (χ0n) is 23.3. The van der Waals surface area contributed by atoms with E-state index in [1.165, 1.54) is 20.4 Å². The van der Waals surface area contributed by atoms with E-state index < -0.39 is 17.4 Å². The third-order valence-corrected chi connectivity index (χ3v) is 6.83. The molecule has 218 valence electrons. The van der Waals surface area contributed by atoms with E-state index in [0.29, 0.717) is 34.6 Å². The van der Waals surface area contributed by atoms with Crippen molar-refractivity contribution in [2.75, 3.05) is 32.3 Å². The molecule has 4 aromatic rings. The van der Waals surface area contributed by atoms with E-state index >= 15 is 4.39 Å². The summed E-state index contributed by atoms with van der Waals surface area (Å²) in [5.74, 6) is 0.442. The van der Waals surface area contributed by atoms with Crippen LogP contribution >= 0.6 is 0 Å². The summed E-state index contributed by atoms with van der Waals surface area (Å²) < 4.78 is 38.3. The van der Waals surface area contributed by atoms with E-state index in [1.54, 1.807) is 31.3 Å².